The van der Waals surface area contributed by atoms with Crippen LogP contribution in [0.15, 0.2) is 5.38 Å². The molecule has 1 aromatic rings. The highest BCUT2D eigenvalue weighted by Gasteiger charge is 2.40. The summed E-state index contributed by atoms with van der Waals surface area (Å²) in [5.41, 5.74) is 1.49. The monoisotopic (exact) mass is 325 g/mol. The lowest BCUT2D eigenvalue weighted by atomic mass is 9.87. The van der Waals surface area contributed by atoms with Crippen molar-refractivity contribution in [2.75, 3.05) is 59.7 Å². The van der Waals surface area contributed by atoms with E-state index in [1.54, 1.807) is 18.4 Å². The van der Waals surface area contributed by atoms with E-state index in [-0.39, 0.29) is 5.41 Å². The van der Waals surface area contributed by atoms with Gasteiger partial charge in [0, 0.05) is 50.6 Å². The molecule has 22 heavy (non-hydrogen) atoms. The third kappa shape index (κ3) is 4.06. The molecule has 2 fully saturated rings. The molecule has 124 valence electrons. The molecule has 0 aromatic carbocycles. The zero-order valence-electron chi connectivity index (χ0n) is 13.7. The van der Waals surface area contributed by atoms with Crippen LogP contribution >= 0.6 is 11.3 Å². The Morgan fingerprint density at radius 1 is 1.36 bits per heavy atom. The number of nitrogens with zero attached hydrogens (tertiary/aromatic N) is 3. The molecule has 3 rings (SSSR count). The summed E-state index contributed by atoms with van der Waals surface area (Å²) in [6.07, 6.45) is 1.23. The van der Waals surface area contributed by atoms with Crippen molar-refractivity contribution in [3.63, 3.8) is 0 Å². The van der Waals surface area contributed by atoms with Crippen LogP contribution in [0.2, 0.25) is 0 Å². The average molecular weight is 325 g/mol. The molecule has 6 heteroatoms. The van der Waals surface area contributed by atoms with E-state index in [1.807, 2.05) is 0 Å². The lowest BCUT2D eigenvalue weighted by molar-refractivity contribution is 0.0682. The minimum atomic E-state index is 0.287. The number of aryl methyl sites for hydroxylation is 1. The summed E-state index contributed by atoms with van der Waals surface area (Å²) in [7, 11) is 1.78. The van der Waals surface area contributed by atoms with E-state index in [1.165, 1.54) is 12.1 Å². The highest BCUT2D eigenvalue weighted by Crippen LogP contribution is 2.33. The molecule has 3 heterocycles. The van der Waals surface area contributed by atoms with Crippen molar-refractivity contribution in [2.45, 2.75) is 19.9 Å². The molecular formula is C16H27N3O2S. The number of thiazole rings is 1. The number of likely N-dealkylation sites (tertiary alicyclic amines) is 1. The molecule has 0 aliphatic carbocycles. The summed E-state index contributed by atoms with van der Waals surface area (Å²) >= 11 is 1.74. The Bertz CT molecular complexity index is 482. The van der Waals surface area contributed by atoms with Gasteiger partial charge in [-0.1, -0.05) is 0 Å². The van der Waals surface area contributed by atoms with Gasteiger partial charge in [0.2, 0.25) is 0 Å². The second kappa shape index (κ2) is 7.36. The maximum absolute atomic E-state index is 5.94. The second-order valence-corrected chi connectivity index (χ2v) is 7.70. The van der Waals surface area contributed by atoms with Gasteiger partial charge >= 0.3 is 0 Å². The standard InChI is InChI=1S/C16H27N3O2S/c1-14-17-15(10-22-14)9-19-6-8-21-13-16(12-19)3-4-18(11-16)5-7-20-2/h10H,3-9,11-13H2,1-2H3/t16-/m0/s1. The highest BCUT2D eigenvalue weighted by molar-refractivity contribution is 7.09. The molecule has 1 aromatic heterocycles. The van der Waals surface area contributed by atoms with Gasteiger partial charge in [-0.3, -0.25) is 4.90 Å². The van der Waals surface area contributed by atoms with Crippen molar-refractivity contribution in [3.8, 4) is 0 Å². The quantitative estimate of drug-likeness (QED) is 0.822. The zero-order valence-corrected chi connectivity index (χ0v) is 14.5. The second-order valence-electron chi connectivity index (χ2n) is 6.64. The van der Waals surface area contributed by atoms with Crippen LogP contribution < -0.4 is 0 Å². The molecule has 1 spiro atoms. The lowest BCUT2D eigenvalue weighted by Crippen LogP contribution is -2.40. The van der Waals surface area contributed by atoms with Gasteiger partial charge in [0.25, 0.3) is 0 Å². The fourth-order valence-electron chi connectivity index (χ4n) is 3.61. The van der Waals surface area contributed by atoms with Gasteiger partial charge < -0.3 is 14.4 Å². The molecule has 0 radical (unpaired) electrons. The number of ether oxygens (including phenoxy) is 2. The Hall–Kier alpha value is -0.530. The molecule has 0 unspecified atom stereocenters. The van der Waals surface area contributed by atoms with Gasteiger partial charge in [0.1, 0.15) is 0 Å². The minimum Gasteiger partial charge on any atom is -0.383 e. The van der Waals surface area contributed by atoms with E-state index in [2.05, 4.69) is 27.1 Å². The number of hydrogen-bond acceptors (Lipinski definition) is 6. The van der Waals surface area contributed by atoms with Crippen LogP contribution in [0.25, 0.3) is 0 Å². The summed E-state index contributed by atoms with van der Waals surface area (Å²) in [5, 5.41) is 3.34. The Labute approximate surface area is 137 Å². The van der Waals surface area contributed by atoms with Gasteiger partial charge in [0.05, 0.1) is 30.5 Å². The van der Waals surface area contributed by atoms with Crippen LogP contribution in [0.5, 0.6) is 0 Å². The van der Waals surface area contributed by atoms with E-state index >= 15 is 0 Å². The van der Waals surface area contributed by atoms with E-state index in [0.29, 0.717) is 0 Å². The van der Waals surface area contributed by atoms with Crippen LogP contribution in [0.3, 0.4) is 0 Å². The van der Waals surface area contributed by atoms with E-state index in [4.69, 9.17) is 9.47 Å². The lowest BCUT2D eigenvalue weighted by Gasteiger charge is -2.31. The van der Waals surface area contributed by atoms with Crippen LogP contribution in [0, 0.1) is 12.3 Å². The summed E-state index contributed by atoms with van der Waals surface area (Å²) in [5.74, 6) is 0. The fraction of sp³-hybridized carbons (Fsp3) is 0.812. The first kappa shape index (κ1) is 16.3. The molecule has 2 aliphatic heterocycles. The van der Waals surface area contributed by atoms with Gasteiger partial charge in [-0.05, 0) is 19.9 Å². The SMILES string of the molecule is COCCN1CC[C@]2(COCCN(Cc3csc(C)n3)C2)C1. The van der Waals surface area contributed by atoms with Gasteiger partial charge in [-0.2, -0.15) is 0 Å². The molecule has 0 amide bonds. The number of hydrogen-bond donors (Lipinski definition) is 0. The molecule has 5 nitrogen and oxygen atoms in total. The van der Waals surface area contributed by atoms with Gasteiger partial charge in [-0.15, -0.1) is 11.3 Å². The Balaban J connectivity index is 1.60. The van der Waals surface area contributed by atoms with Crippen molar-refractivity contribution < 1.29 is 9.47 Å². The predicted octanol–water partition coefficient (Wildman–Crippen LogP) is 1.62. The van der Waals surface area contributed by atoms with Crippen LogP contribution in [0.1, 0.15) is 17.1 Å². The van der Waals surface area contributed by atoms with Crippen molar-refractivity contribution >= 4 is 11.3 Å². The molecule has 0 saturated carbocycles. The van der Waals surface area contributed by atoms with Crippen molar-refractivity contribution in [3.05, 3.63) is 16.1 Å². The van der Waals surface area contributed by atoms with Crippen LogP contribution in [-0.4, -0.2) is 74.4 Å². The smallest absolute Gasteiger partial charge is 0.0897 e. The minimum absolute atomic E-state index is 0.287. The third-order valence-corrected chi connectivity index (χ3v) is 5.52. The molecule has 1 atom stereocenters. The molecule has 2 aliphatic rings. The maximum atomic E-state index is 5.94. The summed E-state index contributed by atoms with van der Waals surface area (Å²) < 4.78 is 11.2. The largest absolute Gasteiger partial charge is 0.383 e. The molecule has 2 saturated heterocycles. The third-order valence-electron chi connectivity index (χ3n) is 4.70. The van der Waals surface area contributed by atoms with Crippen molar-refractivity contribution in [1.82, 2.24) is 14.8 Å². The Kier molecular flexibility index (Phi) is 5.46. The van der Waals surface area contributed by atoms with E-state index < -0.39 is 0 Å². The van der Waals surface area contributed by atoms with Gasteiger partial charge in [0.15, 0.2) is 0 Å². The van der Waals surface area contributed by atoms with Crippen molar-refractivity contribution in [1.29, 1.82) is 0 Å². The number of aromatic nitrogens is 1. The average Bonchev–Trinajstić information content (AvgIpc) is 3.02. The first-order valence-electron chi connectivity index (χ1n) is 8.12. The van der Waals surface area contributed by atoms with E-state index in [9.17, 15) is 0 Å². The number of methoxy groups -OCH3 is 1. The summed E-state index contributed by atoms with van der Waals surface area (Å²) in [6, 6.07) is 0. The van der Waals surface area contributed by atoms with Gasteiger partial charge in [-0.25, -0.2) is 4.98 Å². The molecule has 0 bridgehead atoms. The highest BCUT2D eigenvalue weighted by atomic mass is 32.1. The summed E-state index contributed by atoms with van der Waals surface area (Å²) in [6.45, 7) is 11.0. The molecular weight excluding hydrogens is 298 g/mol. The summed E-state index contributed by atoms with van der Waals surface area (Å²) in [4.78, 5) is 9.66. The van der Waals surface area contributed by atoms with Crippen LogP contribution in [0.4, 0.5) is 0 Å². The fourth-order valence-corrected chi connectivity index (χ4v) is 4.22. The zero-order chi connectivity index (χ0) is 15.4. The first-order chi connectivity index (χ1) is 10.7. The van der Waals surface area contributed by atoms with Crippen LogP contribution in [-0.2, 0) is 16.0 Å². The van der Waals surface area contributed by atoms with E-state index in [0.717, 1.165) is 64.1 Å². The predicted molar refractivity (Wildman–Crippen MR) is 88.3 cm³/mol. The Morgan fingerprint density at radius 2 is 2.23 bits per heavy atom. The maximum Gasteiger partial charge on any atom is 0.0897 e. The molecule has 0 N–H and O–H groups in total. The first-order valence-corrected chi connectivity index (χ1v) is 8.99. The number of rotatable bonds is 5. The Morgan fingerprint density at radius 3 is 3.00 bits per heavy atom. The normalized spacial score (nSPS) is 27.5. The topological polar surface area (TPSA) is 37.8 Å². The van der Waals surface area contributed by atoms with Crippen molar-refractivity contribution in [2.24, 2.45) is 5.41 Å².